The van der Waals surface area contributed by atoms with E-state index < -0.39 is 20.3 Å². The smallest absolute Gasteiger partial charge is 0.304 e. The molecule has 9 heteroatoms. The van der Waals surface area contributed by atoms with Gasteiger partial charge in [0.25, 0.3) is 4.71 Å². The lowest BCUT2D eigenvalue weighted by molar-refractivity contribution is 0.514. The predicted molar refractivity (Wildman–Crippen MR) is 98.7 cm³/mol. The zero-order chi connectivity index (χ0) is 18.3. The Morgan fingerprint density at radius 3 is 2.88 bits per heavy atom. The molecule has 0 radical (unpaired) electrons. The molecule has 1 unspecified atom stereocenters. The van der Waals surface area contributed by atoms with Crippen LogP contribution in [0.15, 0.2) is 58.0 Å². The first-order valence-corrected chi connectivity index (χ1v) is 9.37. The summed E-state index contributed by atoms with van der Waals surface area (Å²) in [6.45, 7) is 0.364. The van der Waals surface area contributed by atoms with Crippen LogP contribution in [0.4, 0.5) is 0 Å². The summed E-state index contributed by atoms with van der Waals surface area (Å²) in [5.41, 5.74) is 7.32. The SMILES string of the molecule is NCCc1cn(S(=O)(O)=c2oc3ccccc3[nH]c2=O)c2cccnc12. The summed E-state index contributed by atoms with van der Waals surface area (Å²) in [6, 6.07) is 10.0. The number of para-hydroxylation sites is 2. The van der Waals surface area contributed by atoms with Gasteiger partial charge in [0.2, 0.25) is 9.99 Å². The molecule has 3 aromatic heterocycles. The van der Waals surface area contributed by atoms with Crippen molar-refractivity contribution in [3.63, 3.8) is 0 Å². The second-order valence-electron chi connectivity index (χ2n) is 5.73. The van der Waals surface area contributed by atoms with Crippen LogP contribution >= 0.6 is 0 Å². The third-order valence-corrected chi connectivity index (χ3v) is 5.63. The maximum atomic E-state index is 13.2. The van der Waals surface area contributed by atoms with Crippen molar-refractivity contribution in [2.45, 2.75) is 6.42 Å². The van der Waals surface area contributed by atoms with E-state index in [0.717, 1.165) is 9.54 Å². The molecule has 0 aliphatic rings. The Hall–Kier alpha value is -2.88. The number of nitrogens with two attached hydrogens (primary N) is 1. The van der Waals surface area contributed by atoms with E-state index in [2.05, 4.69) is 9.97 Å². The van der Waals surface area contributed by atoms with Crippen molar-refractivity contribution in [2.75, 3.05) is 6.54 Å². The molecule has 0 bridgehead atoms. The molecule has 8 nitrogen and oxygen atoms in total. The number of aromatic nitrogens is 3. The van der Waals surface area contributed by atoms with Crippen LogP contribution in [0.3, 0.4) is 0 Å². The Labute approximate surface area is 147 Å². The molecule has 3 heterocycles. The Kier molecular flexibility index (Phi) is 3.91. The Morgan fingerprint density at radius 1 is 1.27 bits per heavy atom. The highest BCUT2D eigenvalue weighted by Gasteiger charge is 2.19. The predicted octanol–water partition coefficient (Wildman–Crippen LogP) is 1.72. The molecule has 0 fully saturated rings. The van der Waals surface area contributed by atoms with Crippen LogP contribution in [0, 0.1) is 4.71 Å². The number of rotatable bonds is 3. The number of hydrogen-bond acceptors (Lipinski definition) is 5. The van der Waals surface area contributed by atoms with Gasteiger partial charge in [0.05, 0.1) is 16.6 Å². The molecular weight excluding hydrogens is 356 g/mol. The monoisotopic (exact) mass is 372 g/mol. The van der Waals surface area contributed by atoms with E-state index in [1.165, 1.54) is 6.20 Å². The van der Waals surface area contributed by atoms with Gasteiger partial charge in [0.1, 0.15) is 0 Å². The van der Waals surface area contributed by atoms with Crippen molar-refractivity contribution < 1.29 is 13.2 Å². The maximum Gasteiger partial charge on any atom is 0.304 e. The van der Waals surface area contributed by atoms with Crippen molar-refractivity contribution in [2.24, 2.45) is 5.73 Å². The van der Waals surface area contributed by atoms with Gasteiger partial charge in [-0.2, -0.15) is 0 Å². The first-order chi connectivity index (χ1) is 12.5. The van der Waals surface area contributed by atoms with Crippen molar-refractivity contribution in [3.05, 3.63) is 69.4 Å². The van der Waals surface area contributed by atoms with Crippen LogP contribution in [0.1, 0.15) is 5.56 Å². The Morgan fingerprint density at radius 2 is 2.08 bits per heavy atom. The summed E-state index contributed by atoms with van der Waals surface area (Å²) in [5, 5.41) is 0. The summed E-state index contributed by atoms with van der Waals surface area (Å²) in [7, 11) is -4.01. The minimum absolute atomic E-state index is 0.306. The maximum absolute atomic E-state index is 13.2. The van der Waals surface area contributed by atoms with Crippen LogP contribution in [0.2, 0.25) is 0 Å². The highest BCUT2D eigenvalue weighted by molar-refractivity contribution is 7.88. The minimum Gasteiger partial charge on any atom is -0.438 e. The molecule has 26 heavy (non-hydrogen) atoms. The van der Waals surface area contributed by atoms with Crippen LogP contribution in [0.5, 0.6) is 0 Å². The molecular formula is C17H16N4O4S. The fourth-order valence-corrected chi connectivity index (χ4v) is 4.23. The van der Waals surface area contributed by atoms with Gasteiger partial charge >= 0.3 is 5.56 Å². The van der Waals surface area contributed by atoms with E-state index in [-0.39, 0.29) is 0 Å². The quantitative estimate of drug-likeness (QED) is 0.470. The van der Waals surface area contributed by atoms with E-state index in [9.17, 15) is 13.6 Å². The second kappa shape index (κ2) is 6.13. The van der Waals surface area contributed by atoms with E-state index >= 15 is 0 Å². The Balaban J connectivity index is 2.15. The van der Waals surface area contributed by atoms with E-state index in [0.29, 0.717) is 35.1 Å². The zero-order valence-corrected chi connectivity index (χ0v) is 14.4. The molecule has 134 valence electrons. The van der Waals surface area contributed by atoms with Gasteiger partial charge in [-0.15, -0.1) is 0 Å². The Bertz CT molecular complexity index is 1340. The van der Waals surface area contributed by atoms with Crippen molar-refractivity contribution in [1.82, 2.24) is 13.9 Å². The normalized spacial score (nSPS) is 13.9. The highest BCUT2D eigenvalue weighted by Crippen LogP contribution is 2.22. The first-order valence-electron chi connectivity index (χ1n) is 7.90. The van der Waals surface area contributed by atoms with Gasteiger partial charge in [-0.25, -0.2) is 8.18 Å². The number of pyridine rings is 1. The molecule has 4 aromatic rings. The number of hydrogen-bond donors (Lipinski definition) is 3. The number of fused-ring (bicyclic) bond motifs is 2. The standard InChI is InChI=1S/C17H16N4O4S/c18-8-7-11-10-21(13-5-3-9-19-15(11)13)26(23,24)17-16(22)20-12-4-1-2-6-14(12)25-17/h1-6,9-10H,7-8,18H2,(H,20,22)(H,23,24). The first kappa shape index (κ1) is 16.6. The average molecular weight is 372 g/mol. The van der Waals surface area contributed by atoms with Crippen LogP contribution < -0.4 is 11.3 Å². The molecule has 1 aromatic carbocycles. The lowest BCUT2D eigenvalue weighted by Gasteiger charge is -2.06. The third kappa shape index (κ3) is 2.53. The van der Waals surface area contributed by atoms with Gasteiger partial charge < -0.3 is 15.1 Å². The highest BCUT2D eigenvalue weighted by atomic mass is 32.2. The van der Waals surface area contributed by atoms with Gasteiger partial charge in [-0.05, 0) is 42.8 Å². The van der Waals surface area contributed by atoms with Gasteiger partial charge in [0.15, 0.2) is 5.58 Å². The lowest BCUT2D eigenvalue weighted by Crippen LogP contribution is -2.19. The summed E-state index contributed by atoms with van der Waals surface area (Å²) in [5.74, 6) is 0. The largest absolute Gasteiger partial charge is 0.438 e. The van der Waals surface area contributed by atoms with Gasteiger partial charge in [-0.1, -0.05) is 12.1 Å². The average Bonchev–Trinajstić information content (AvgIpc) is 3.01. The second-order valence-corrected chi connectivity index (χ2v) is 7.48. The topological polar surface area (TPSA) is 127 Å². The molecule has 1 atom stereocenters. The number of nitrogens with one attached hydrogen (secondary N) is 1. The molecule has 4 rings (SSSR count). The summed E-state index contributed by atoms with van der Waals surface area (Å²) in [4.78, 5) is 19.2. The molecule has 0 spiro atoms. The number of nitrogens with zero attached hydrogens (tertiary/aromatic N) is 2. The summed E-state index contributed by atoms with van der Waals surface area (Å²) in [6.07, 6.45) is 3.58. The molecule has 4 N–H and O–H groups in total. The lowest BCUT2D eigenvalue weighted by atomic mass is 10.2. The van der Waals surface area contributed by atoms with Gasteiger partial charge in [-0.3, -0.25) is 14.3 Å². The molecule has 0 saturated carbocycles. The fourth-order valence-electron chi connectivity index (χ4n) is 2.88. The summed E-state index contributed by atoms with van der Waals surface area (Å²) >= 11 is 0. The van der Waals surface area contributed by atoms with Crippen molar-refractivity contribution >= 4 is 32.1 Å². The zero-order valence-electron chi connectivity index (χ0n) is 13.6. The number of benzene rings is 1. The molecule has 0 aliphatic heterocycles. The summed E-state index contributed by atoms with van der Waals surface area (Å²) < 4.78 is 30.1. The van der Waals surface area contributed by atoms with E-state index in [4.69, 9.17) is 10.2 Å². The number of H-pyrrole nitrogens is 1. The van der Waals surface area contributed by atoms with Crippen molar-refractivity contribution in [1.29, 1.82) is 0 Å². The fraction of sp³-hybridized carbons (Fsp3) is 0.118. The van der Waals surface area contributed by atoms with Gasteiger partial charge in [0, 0.05) is 12.4 Å². The van der Waals surface area contributed by atoms with Crippen molar-refractivity contribution in [3.8, 4) is 0 Å². The van der Waals surface area contributed by atoms with E-state index in [1.807, 2.05) is 0 Å². The van der Waals surface area contributed by atoms with Crippen LogP contribution in [-0.2, 0) is 16.4 Å². The molecule has 0 aliphatic carbocycles. The minimum atomic E-state index is -4.01. The molecule has 0 saturated heterocycles. The van der Waals surface area contributed by atoms with Crippen LogP contribution in [-0.4, -0.2) is 29.2 Å². The van der Waals surface area contributed by atoms with E-state index in [1.54, 1.807) is 42.6 Å². The van der Waals surface area contributed by atoms with Crippen LogP contribution in [0.25, 0.3) is 22.1 Å². The number of aromatic amines is 1. The molecule has 0 amide bonds. The third-order valence-electron chi connectivity index (χ3n) is 4.05.